The van der Waals surface area contributed by atoms with Gasteiger partial charge in [0.05, 0.1) is 11.3 Å². The molecular formula is C11H13F3N4O. The van der Waals surface area contributed by atoms with E-state index in [1.807, 2.05) is 0 Å². The minimum atomic E-state index is -4.65. The van der Waals surface area contributed by atoms with Crippen LogP contribution in [0.4, 0.5) is 23.7 Å². The quantitative estimate of drug-likeness (QED) is 0.541. The molecule has 0 bridgehead atoms. The lowest BCUT2D eigenvalue weighted by atomic mass is 10.1. The summed E-state index contributed by atoms with van der Waals surface area (Å²) in [6.45, 7) is 1.41. The molecule has 0 heterocycles. The van der Waals surface area contributed by atoms with Gasteiger partial charge < -0.3 is 11.1 Å². The molecule has 1 rings (SSSR count). The van der Waals surface area contributed by atoms with Crippen molar-refractivity contribution in [2.75, 3.05) is 11.9 Å². The van der Waals surface area contributed by atoms with Crippen LogP contribution < -0.4 is 16.0 Å². The number of benzene rings is 1. The van der Waals surface area contributed by atoms with Crippen LogP contribution in [0.2, 0.25) is 0 Å². The molecule has 0 aliphatic carbocycles. The summed E-state index contributed by atoms with van der Waals surface area (Å²) in [5, 5.41) is 9.45. The molecule has 5 nitrogen and oxygen atoms in total. The Morgan fingerprint density at radius 2 is 2.00 bits per heavy atom. The molecule has 0 saturated carbocycles. The zero-order valence-corrected chi connectivity index (χ0v) is 10.3. The number of halogens is 3. The molecule has 0 aliphatic heterocycles. The number of amides is 2. The average molecular weight is 274 g/mol. The molecule has 0 radical (unpaired) electrons. The molecule has 1 aromatic carbocycles. The van der Waals surface area contributed by atoms with Crippen LogP contribution in [0.3, 0.4) is 0 Å². The molecular weight excluding hydrogens is 261 g/mol. The molecule has 2 amide bonds. The number of aryl methyl sites for hydroxylation is 1. The predicted octanol–water partition coefficient (Wildman–Crippen LogP) is 2.05. The number of nitrogens with two attached hydrogens (primary N) is 1. The molecule has 0 spiro atoms. The number of guanidine groups is 1. The summed E-state index contributed by atoms with van der Waals surface area (Å²) in [6, 6.07) is 2.56. The lowest BCUT2D eigenvalue weighted by Crippen LogP contribution is -2.47. The van der Waals surface area contributed by atoms with Crippen LogP contribution in [-0.4, -0.2) is 19.0 Å². The number of urea groups is 1. The standard InChI is InChI=1S/C11H13F3N4O/c1-6-4-3-5-7(11(12,13)14)8(6)18(9(15)16)10(19)17-2/h3-5H,1-2H3,(H3,15,16)(H,17,19). The second kappa shape index (κ2) is 5.17. The summed E-state index contributed by atoms with van der Waals surface area (Å²) in [4.78, 5) is 12.1. The molecule has 0 unspecified atom stereocenters. The molecule has 0 aliphatic rings. The summed E-state index contributed by atoms with van der Waals surface area (Å²) in [5.41, 5.74) is 3.93. The van der Waals surface area contributed by atoms with Gasteiger partial charge in [-0.3, -0.25) is 5.41 Å². The SMILES string of the molecule is CNC(=O)N(C(=N)N)c1c(C)cccc1C(F)(F)F. The maximum Gasteiger partial charge on any atom is 0.418 e. The maximum absolute atomic E-state index is 12.9. The van der Waals surface area contributed by atoms with Gasteiger partial charge in [0.1, 0.15) is 0 Å². The minimum Gasteiger partial charge on any atom is -0.369 e. The van der Waals surface area contributed by atoms with E-state index in [0.29, 0.717) is 4.90 Å². The highest BCUT2D eigenvalue weighted by atomic mass is 19.4. The number of nitrogens with zero attached hydrogens (tertiary/aromatic N) is 1. The average Bonchev–Trinajstić information content (AvgIpc) is 2.29. The second-order valence-electron chi connectivity index (χ2n) is 3.74. The molecule has 0 fully saturated rings. The van der Waals surface area contributed by atoms with Gasteiger partial charge in [-0.15, -0.1) is 0 Å². The van der Waals surface area contributed by atoms with Crippen molar-refractivity contribution >= 4 is 17.7 Å². The third-order valence-corrected chi connectivity index (χ3v) is 2.42. The first-order valence-electron chi connectivity index (χ1n) is 5.22. The van der Waals surface area contributed by atoms with Gasteiger partial charge in [-0.1, -0.05) is 12.1 Å². The number of alkyl halides is 3. The highest BCUT2D eigenvalue weighted by molar-refractivity contribution is 6.14. The first kappa shape index (κ1) is 14.8. The fourth-order valence-electron chi connectivity index (χ4n) is 1.63. The van der Waals surface area contributed by atoms with Crippen LogP contribution in [-0.2, 0) is 6.18 Å². The van der Waals surface area contributed by atoms with Gasteiger partial charge in [0.15, 0.2) is 0 Å². The number of hydrogen-bond donors (Lipinski definition) is 3. The molecule has 19 heavy (non-hydrogen) atoms. The molecule has 0 saturated heterocycles. The normalized spacial score (nSPS) is 11.0. The molecule has 0 aromatic heterocycles. The number of carbonyl (C=O) groups excluding carboxylic acids is 1. The van der Waals surface area contributed by atoms with E-state index in [0.717, 1.165) is 6.07 Å². The second-order valence-corrected chi connectivity index (χ2v) is 3.74. The van der Waals surface area contributed by atoms with Gasteiger partial charge in [0.25, 0.3) is 0 Å². The zero-order chi connectivity index (χ0) is 14.8. The van der Waals surface area contributed by atoms with E-state index in [-0.39, 0.29) is 5.56 Å². The molecule has 1 aromatic rings. The number of para-hydroxylation sites is 1. The van der Waals surface area contributed by atoms with Crippen molar-refractivity contribution < 1.29 is 18.0 Å². The van der Waals surface area contributed by atoms with Crippen molar-refractivity contribution in [3.8, 4) is 0 Å². The predicted molar refractivity (Wildman–Crippen MR) is 65.0 cm³/mol. The Morgan fingerprint density at radius 3 is 2.42 bits per heavy atom. The summed E-state index contributed by atoms with van der Waals surface area (Å²) in [6.07, 6.45) is -4.65. The smallest absolute Gasteiger partial charge is 0.369 e. The van der Waals surface area contributed by atoms with Crippen LogP contribution >= 0.6 is 0 Å². The summed E-state index contributed by atoms with van der Waals surface area (Å²) in [5.74, 6) is -0.792. The Labute approximate surface area is 107 Å². The highest BCUT2D eigenvalue weighted by Gasteiger charge is 2.37. The van der Waals surface area contributed by atoms with Crippen molar-refractivity contribution in [3.05, 3.63) is 29.3 Å². The number of carbonyl (C=O) groups is 1. The molecule has 4 N–H and O–H groups in total. The van der Waals surface area contributed by atoms with E-state index in [1.165, 1.54) is 26.1 Å². The maximum atomic E-state index is 12.9. The Bertz CT molecular complexity index is 513. The van der Waals surface area contributed by atoms with E-state index in [1.54, 1.807) is 0 Å². The summed E-state index contributed by atoms with van der Waals surface area (Å²) in [7, 11) is 1.24. The summed E-state index contributed by atoms with van der Waals surface area (Å²) < 4.78 is 38.8. The third kappa shape index (κ3) is 2.95. The monoisotopic (exact) mass is 274 g/mol. The van der Waals surface area contributed by atoms with Gasteiger partial charge >= 0.3 is 12.2 Å². The van der Waals surface area contributed by atoms with Gasteiger partial charge in [0.2, 0.25) is 5.96 Å². The topological polar surface area (TPSA) is 82.2 Å². The van der Waals surface area contributed by atoms with Crippen molar-refractivity contribution in [3.63, 3.8) is 0 Å². The van der Waals surface area contributed by atoms with Gasteiger partial charge in [-0.25, -0.2) is 9.69 Å². The van der Waals surface area contributed by atoms with Gasteiger partial charge in [-0.2, -0.15) is 13.2 Å². The number of anilines is 1. The first-order valence-corrected chi connectivity index (χ1v) is 5.22. The number of rotatable bonds is 1. The minimum absolute atomic E-state index is 0.189. The van der Waals surface area contributed by atoms with Crippen LogP contribution in [0.1, 0.15) is 11.1 Å². The van der Waals surface area contributed by atoms with E-state index < -0.39 is 29.4 Å². The molecule has 104 valence electrons. The summed E-state index contributed by atoms with van der Waals surface area (Å²) >= 11 is 0. The van der Waals surface area contributed by atoms with Gasteiger partial charge in [-0.05, 0) is 18.6 Å². The van der Waals surface area contributed by atoms with Crippen LogP contribution in [0.25, 0.3) is 0 Å². The third-order valence-electron chi connectivity index (χ3n) is 2.42. The van der Waals surface area contributed by atoms with E-state index in [2.05, 4.69) is 5.32 Å². The lowest BCUT2D eigenvalue weighted by molar-refractivity contribution is -0.137. The molecule has 0 atom stereocenters. The van der Waals surface area contributed by atoms with Crippen LogP contribution in [0.5, 0.6) is 0 Å². The fourth-order valence-corrected chi connectivity index (χ4v) is 1.63. The Hall–Kier alpha value is -2.25. The number of nitrogens with one attached hydrogen (secondary N) is 2. The van der Waals surface area contributed by atoms with Crippen molar-refractivity contribution in [2.24, 2.45) is 5.73 Å². The van der Waals surface area contributed by atoms with Crippen molar-refractivity contribution in [2.45, 2.75) is 13.1 Å². The fraction of sp³-hybridized carbons (Fsp3) is 0.273. The van der Waals surface area contributed by atoms with E-state index in [4.69, 9.17) is 11.1 Å². The Kier molecular flexibility index (Phi) is 4.03. The van der Waals surface area contributed by atoms with Crippen LogP contribution in [0.15, 0.2) is 18.2 Å². The number of hydrogen-bond acceptors (Lipinski definition) is 2. The largest absolute Gasteiger partial charge is 0.418 e. The van der Waals surface area contributed by atoms with Crippen molar-refractivity contribution in [1.29, 1.82) is 5.41 Å². The van der Waals surface area contributed by atoms with Crippen molar-refractivity contribution in [1.82, 2.24) is 5.32 Å². The highest BCUT2D eigenvalue weighted by Crippen LogP contribution is 2.38. The lowest BCUT2D eigenvalue weighted by Gasteiger charge is -2.25. The van der Waals surface area contributed by atoms with E-state index >= 15 is 0 Å². The van der Waals surface area contributed by atoms with E-state index in [9.17, 15) is 18.0 Å². The van der Waals surface area contributed by atoms with Gasteiger partial charge in [0, 0.05) is 7.05 Å². The Balaban J connectivity index is 3.54. The van der Waals surface area contributed by atoms with Crippen LogP contribution in [0, 0.1) is 12.3 Å². The zero-order valence-electron chi connectivity index (χ0n) is 10.3. The molecule has 8 heteroatoms. The first-order chi connectivity index (χ1) is 8.70. The Morgan fingerprint density at radius 1 is 1.42 bits per heavy atom.